The summed E-state index contributed by atoms with van der Waals surface area (Å²) in [5.74, 6) is 0. The van der Waals surface area contributed by atoms with Crippen molar-refractivity contribution in [2.75, 3.05) is 4.90 Å². The molecule has 0 bridgehead atoms. The maximum Gasteiger partial charge on any atom is 0.0629 e. The maximum atomic E-state index is 8.39. The lowest BCUT2D eigenvalue weighted by Gasteiger charge is -2.27. The molecule has 0 aliphatic carbocycles. The third kappa shape index (κ3) is 4.32. The van der Waals surface area contributed by atoms with Crippen molar-refractivity contribution >= 4 is 43.8 Å². The molecule has 6 aromatic carbocycles. The van der Waals surface area contributed by atoms with E-state index in [0.717, 1.165) is 43.4 Å². The van der Waals surface area contributed by atoms with Gasteiger partial charge in [-0.2, -0.15) is 0 Å². The minimum absolute atomic E-state index is 0.190. The average Bonchev–Trinajstić information content (AvgIpc) is 3.01. The Balaban J connectivity index is 1.50. The Morgan fingerprint density at radius 3 is 1.69 bits per heavy atom. The van der Waals surface area contributed by atoms with Crippen LogP contribution in [0.1, 0.15) is 6.85 Å². The third-order valence-electron chi connectivity index (χ3n) is 6.23. The summed E-state index contributed by atoms with van der Waals surface area (Å²) in [7, 11) is 0. The molecule has 0 atom stereocenters. The van der Waals surface area contributed by atoms with Crippen molar-refractivity contribution in [3.05, 3.63) is 150 Å². The van der Waals surface area contributed by atoms with E-state index in [1.54, 1.807) is 0 Å². The normalized spacial score (nSPS) is 12.9. The maximum absolute atomic E-state index is 8.39. The van der Waals surface area contributed by atoms with E-state index in [2.05, 4.69) is 75.4 Å². The zero-order valence-electron chi connectivity index (χ0n) is 24.3. The molecule has 0 radical (unpaired) electrons. The highest BCUT2D eigenvalue weighted by molar-refractivity contribution is 9.10. The van der Waals surface area contributed by atoms with Crippen molar-refractivity contribution in [1.82, 2.24) is 0 Å². The van der Waals surface area contributed by atoms with Gasteiger partial charge in [-0.05, 0) is 64.0 Å². The molecule has 36 heavy (non-hydrogen) atoms. The van der Waals surface area contributed by atoms with E-state index in [4.69, 9.17) is 6.85 Å². The predicted molar refractivity (Wildman–Crippen MR) is 157 cm³/mol. The molecule has 0 saturated carbocycles. The van der Waals surface area contributed by atoms with Crippen LogP contribution in [-0.4, -0.2) is 0 Å². The summed E-state index contributed by atoms with van der Waals surface area (Å²) in [6, 6.07) is 37.0. The van der Waals surface area contributed by atoms with E-state index in [9.17, 15) is 0 Å². The molecule has 0 aliphatic heterocycles. The van der Waals surface area contributed by atoms with Gasteiger partial charge in [-0.25, -0.2) is 0 Å². The topological polar surface area (TPSA) is 3.24 Å². The molecule has 0 saturated heterocycles. The molecule has 172 valence electrons. The summed E-state index contributed by atoms with van der Waals surface area (Å²) in [6.45, 7) is 0. The van der Waals surface area contributed by atoms with Crippen LogP contribution in [0.5, 0.6) is 0 Å². The van der Waals surface area contributed by atoms with E-state index in [0.29, 0.717) is 5.56 Å². The lowest BCUT2D eigenvalue weighted by Crippen LogP contribution is -2.10. The number of halogens is 1. The van der Waals surface area contributed by atoms with Gasteiger partial charge in [0.25, 0.3) is 0 Å². The molecule has 2 heteroatoms. The number of fused-ring (bicyclic) bond motifs is 1. The molecule has 0 aliphatic rings. The first-order valence-corrected chi connectivity index (χ1v) is 12.4. The van der Waals surface area contributed by atoms with Crippen LogP contribution in [0.15, 0.2) is 150 Å². The van der Waals surface area contributed by atoms with Gasteiger partial charge in [0.05, 0.1) is 12.5 Å². The lowest BCUT2D eigenvalue weighted by atomic mass is 10.0. The fraction of sp³-hybridized carbons (Fsp3) is 0. The van der Waals surface area contributed by atoms with Crippen molar-refractivity contribution < 1.29 is 6.85 Å². The molecule has 0 spiro atoms. The van der Waals surface area contributed by atoms with E-state index in [1.807, 2.05) is 60.7 Å². The van der Waals surface area contributed by atoms with E-state index < -0.39 is 6.04 Å². The zero-order chi connectivity index (χ0) is 28.7. The lowest BCUT2D eigenvalue weighted by molar-refractivity contribution is 1.30. The van der Waals surface area contributed by atoms with Crippen LogP contribution >= 0.6 is 15.9 Å². The van der Waals surface area contributed by atoms with Crippen molar-refractivity contribution in [3.63, 3.8) is 0 Å². The quantitative estimate of drug-likeness (QED) is 0.214. The van der Waals surface area contributed by atoms with Gasteiger partial charge in [0, 0.05) is 21.2 Å². The van der Waals surface area contributed by atoms with E-state index in [-0.39, 0.29) is 29.7 Å². The van der Waals surface area contributed by atoms with Gasteiger partial charge in [0.15, 0.2) is 0 Å². The average molecular weight is 532 g/mol. The van der Waals surface area contributed by atoms with Crippen LogP contribution in [0.2, 0.25) is 0 Å². The molecule has 6 rings (SSSR count). The highest BCUT2D eigenvalue weighted by Gasteiger charge is 2.16. The monoisotopic (exact) mass is 530 g/mol. The van der Waals surface area contributed by atoms with Crippen LogP contribution in [-0.2, 0) is 0 Å². The highest BCUT2D eigenvalue weighted by atomic mass is 79.9. The Morgan fingerprint density at radius 2 is 1.03 bits per heavy atom. The smallest absolute Gasteiger partial charge is 0.0629 e. The number of nitrogens with zero attached hydrogens (tertiary/aromatic N) is 1. The van der Waals surface area contributed by atoms with Gasteiger partial charge in [-0.1, -0.05) is 125 Å². The first-order chi connectivity index (χ1) is 19.8. The molecule has 0 amide bonds. The second-order valence-corrected chi connectivity index (χ2v) is 9.26. The summed E-state index contributed by atoms with van der Waals surface area (Å²) in [6.07, 6.45) is 0. The second-order valence-electron chi connectivity index (χ2n) is 8.41. The number of rotatable bonds is 5. The molecule has 0 fully saturated rings. The Kier molecular flexibility index (Phi) is 4.74. The number of hydrogen-bond acceptors (Lipinski definition) is 1. The van der Waals surface area contributed by atoms with Crippen molar-refractivity contribution in [3.8, 4) is 22.3 Å². The zero-order valence-corrected chi connectivity index (χ0v) is 20.9. The molecule has 6 aromatic rings. The first-order valence-electron chi connectivity index (χ1n) is 14.2. The summed E-state index contributed by atoms with van der Waals surface area (Å²) < 4.78 is 41.9. The van der Waals surface area contributed by atoms with Crippen molar-refractivity contribution in [2.24, 2.45) is 0 Å². The van der Waals surface area contributed by atoms with Gasteiger partial charge < -0.3 is 4.90 Å². The highest BCUT2D eigenvalue weighted by Crippen LogP contribution is 2.41. The summed E-state index contributed by atoms with van der Waals surface area (Å²) in [5, 5.41) is 2.16. The minimum Gasteiger partial charge on any atom is -0.310 e. The number of hydrogen-bond donors (Lipinski definition) is 0. The third-order valence-corrected chi connectivity index (χ3v) is 6.93. The van der Waals surface area contributed by atoms with Gasteiger partial charge >= 0.3 is 0 Å². The van der Waals surface area contributed by atoms with Gasteiger partial charge in [0.1, 0.15) is 0 Å². The first kappa shape index (κ1) is 17.3. The Bertz CT molecular complexity index is 1860. The molecular weight excluding hydrogens is 502 g/mol. The summed E-state index contributed by atoms with van der Waals surface area (Å²) >= 11 is 3.70. The van der Waals surface area contributed by atoms with E-state index in [1.165, 1.54) is 0 Å². The standard InChI is InChI=1S/C34H24BrN/c35-33-15-7-14-32-31(33)13-8-16-34(32)36(29-21-17-27(18-22-29)25-9-3-1-4-10-25)30-23-19-28(20-24-30)26-11-5-2-6-12-26/h1-24H/i1D,3D,4D,9D,10D. The number of benzene rings is 6. The summed E-state index contributed by atoms with van der Waals surface area (Å²) in [5.41, 5.74) is 5.84. The molecule has 0 heterocycles. The second kappa shape index (κ2) is 9.85. The summed E-state index contributed by atoms with van der Waals surface area (Å²) in [4.78, 5) is 2.18. The number of anilines is 3. The molecular formula is C34H24BrN. The largest absolute Gasteiger partial charge is 0.310 e. The fourth-order valence-electron chi connectivity index (χ4n) is 4.48. The Hall–Kier alpha value is -4.14. The Labute approximate surface area is 227 Å². The SMILES string of the molecule is [2H]c1c([2H])c([2H])c(-c2ccc(N(c3ccc(-c4ccccc4)cc3)c3cccc4c(Br)cccc34)cc2)c([2H])c1[2H]. The molecule has 0 aromatic heterocycles. The van der Waals surface area contributed by atoms with Crippen LogP contribution in [0.25, 0.3) is 33.0 Å². The fourth-order valence-corrected chi connectivity index (χ4v) is 4.98. The van der Waals surface area contributed by atoms with Gasteiger partial charge in [0.2, 0.25) is 0 Å². The van der Waals surface area contributed by atoms with Crippen LogP contribution < -0.4 is 4.90 Å². The Morgan fingerprint density at radius 1 is 0.472 bits per heavy atom. The van der Waals surface area contributed by atoms with Gasteiger partial charge in [-0.15, -0.1) is 0 Å². The van der Waals surface area contributed by atoms with Crippen LogP contribution in [0, 0.1) is 0 Å². The molecule has 1 nitrogen and oxygen atoms in total. The van der Waals surface area contributed by atoms with Crippen molar-refractivity contribution in [2.45, 2.75) is 0 Å². The molecule has 0 N–H and O–H groups in total. The van der Waals surface area contributed by atoms with Gasteiger partial charge in [-0.3, -0.25) is 0 Å². The molecule has 0 unspecified atom stereocenters. The van der Waals surface area contributed by atoms with Crippen LogP contribution in [0.3, 0.4) is 0 Å². The minimum atomic E-state index is -0.396. The predicted octanol–water partition coefficient (Wildman–Crippen LogP) is 10.4. The van der Waals surface area contributed by atoms with Crippen molar-refractivity contribution in [1.29, 1.82) is 0 Å². The van der Waals surface area contributed by atoms with Crippen LogP contribution in [0.4, 0.5) is 17.1 Å². The van der Waals surface area contributed by atoms with E-state index >= 15 is 0 Å².